The molecule has 0 aromatic rings. The molecule has 2 heteroatoms. The Labute approximate surface area is 95.4 Å². The van der Waals surface area contributed by atoms with Crippen molar-refractivity contribution < 1.29 is 0 Å². The predicted octanol–water partition coefficient (Wildman–Crippen LogP) is 2.64. The predicted molar refractivity (Wildman–Crippen MR) is 67.3 cm³/mol. The summed E-state index contributed by atoms with van der Waals surface area (Å²) in [4.78, 5) is 2.71. The molecule has 1 N–H and O–H groups in total. The van der Waals surface area contributed by atoms with Gasteiger partial charge in [-0.25, -0.2) is 0 Å². The van der Waals surface area contributed by atoms with Crippen molar-refractivity contribution in [3.05, 3.63) is 0 Å². The van der Waals surface area contributed by atoms with Crippen molar-refractivity contribution in [3.8, 4) is 0 Å². The molecule has 0 aromatic carbocycles. The number of nitrogens with zero attached hydrogens (tertiary/aromatic N) is 1. The molecule has 1 aliphatic heterocycles. The normalized spacial score (nSPS) is 24.8. The van der Waals surface area contributed by atoms with Crippen molar-refractivity contribution in [2.75, 3.05) is 20.1 Å². The fourth-order valence-electron chi connectivity index (χ4n) is 3.05. The first-order valence-corrected chi connectivity index (χ1v) is 6.61. The Kier molecular flexibility index (Phi) is 5.07. The van der Waals surface area contributed by atoms with Gasteiger partial charge in [-0.3, -0.25) is 4.90 Å². The summed E-state index contributed by atoms with van der Waals surface area (Å²) < 4.78 is 0. The molecule has 90 valence electrons. The minimum absolute atomic E-state index is 0.351. The van der Waals surface area contributed by atoms with E-state index in [-0.39, 0.29) is 0 Å². The molecule has 1 rings (SSSR count). The van der Waals surface area contributed by atoms with Gasteiger partial charge in [-0.1, -0.05) is 20.3 Å². The lowest BCUT2D eigenvalue weighted by Gasteiger charge is -2.47. The number of hydrogen-bond donors (Lipinski definition) is 1. The molecular weight excluding hydrogens is 184 g/mol. The Morgan fingerprint density at radius 1 is 1.20 bits per heavy atom. The zero-order valence-electron chi connectivity index (χ0n) is 11.0. The van der Waals surface area contributed by atoms with Crippen molar-refractivity contribution >= 4 is 0 Å². The van der Waals surface area contributed by atoms with Crippen LogP contribution in [0.4, 0.5) is 0 Å². The van der Waals surface area contributed by atoms with E-state index in [2.05, 4.69) is 38.0 Å². The van der Waals surface area contributed by atoms with Gasteiger partial charge in [0.1, 0.15) is 0 Å². The van der Waals surface area contributed by atoms with Crippen molar-refractivity contribution in [1.82, 2.24) is 10.2 Å². The first kappa shape index (κ1) is 13.0. The van der Waals surface area contributed by atoms with E-state index in [0.29, 0.717) is 11.6 Å². The van der Waals surface area contributed by atoms with Gasteiger partial charge in [-0.05, 0) is 52.7 Å². The Hall–Kier alpha value is -0.0800. The number of likely N-dealkylation sites (N-methyl/N-ethyl adjacent to an activating group) is 1. The van der Waals surface area contributed by atoms with Gasteiger partial charge in [-0.15, -0.1) is 0 Å². The van der Waals surface area contributed by atoms with Crippen LogP contribution in [0.1, 0.15) is 52.9 Å². The van der Waals surface area contributed by atoms with Gasteiger partial charge in [0.05, 0.1) is 0 Å². The standard InChI is InChI=1S/C13H28N2/c1-5-12(14-4)13(3,6-2)15-10-8-7-9-11-15/h12,14H,5-11H2,1-4H3. The molecule has 0 radical (unpaired) electrons. The number of nitrogens with one attached hydrogen (secondary N) is 1. The average molecular weight is 212 g/mol. The van der Waals surface area contributed by atoms with Crippen molar-refractivity contribution in [2.24, 2.45) is 0 Å². The highest BCUT2D eigenvalue weighted by Crippen LogP contribution is 2.28. The van der Waals surface area contributed by atoms with Crippen LogP contribution < -0.4 is 5.32 Å². The summed E-state index contributed by atoms with van der Waals surface area (Å²) in [6, 6.07) is 0.626. The third kappa shape index (κ3) is 2.73. The molecular formula is C13H28N2. The van der Waals surface area contributed by atoms with E-state index >= 15 is 0 Å². The average Bonchev–Trinajstić information content (AvgIpc) is 2.31. The molecule has 0 aromatic heterocycles. The number of likely N-dealkylation sites (tertiary alicyclic amines) is 1. The maximum absolute atomic E-state index is 3.50. The lowest BCUT2D eigenvalue weighted by molar-refractivity contribution is 0.0441. The minimum atomic E-state index is 0.351. The molecule has 0 spiro atoms. The highest BCUT2D eigenvalue weighted by atomic mass is 15.2. The molecule has 0 bridgehead atoms. The summed E-state index contributed by atoms with van der Waals surface area (Å²) in [6.45, 7) is 9.64. The van der Waals surface area contributed by atoms with Crippen LogP contribution in [-0.4, -0.2) is 36.6 Å². The Morgan fingerprint density at radius 2 is 1.80 bits per heavy atom. The molecule has 0 aliphatic carbocycles. The summed E-state index contributed by atoms with van der Waals surface area (Å²) in [5.41, 5.74) is 0.351. The second-order valence-electron chi connectivity index (χ2n) is 5.01. The van der Waals surface area contributed by atoms with E-state index in [9.17, 15) is 0 Å². The molecule has 1 saturated heterocycles. The smallest absolute Gasteiger partial charge is 0.0331 e. The lowest BCUT2D eigenvalue weighted by Crippen LogP contribution is -2.59. The summed E-state index contributed by atoms with van der Waals surface area (Å²) in [5.74, 6) is 0. The Balaban J connectivity index is 2.71. The van der Waals surface area contributed by atoms with Crippen LogP contribution in [0, 0.1) is 0 Å². The first-order valence-electron chi connectivity index (χ1n) is 6.61. The van der Waals surface area contributed by atoms with E-state index in [4.69, 9.17) is 0 Å². The van der Waals surface area contributed by atoms with Crippen LogP contribution in [0.3, 0.4) is 0 Å². The van der Waals surface area contributed by atoms with Crippen LogP contribution in [0.25, 0.3) is 0 Å². The van der Waals surface area contributed by atoms with Crippen LogP contribution in [0.2, 0.25) is 0 Å². The zero-order chi connectivity index (χ0) is 11.3. The third-order valence-corrected chi connectivity index (χ3v) is 4.30. The summed E-state index contributed by atoms with van der Waals surface area (Å²) in [5, 5.41) is 3.50. The van der Waals surface area contributed by atoms with Crippen molar-refractivity contribution in [2.45, 2.75) is 64.5 Å². The molecule has 1 aliphatic rings. The molecule has 1 heterocycles. The van der Waals surface area contributed by atoms with E-state index in [0.717, 1.165) is 0 Å². The summed E-state index contributed by atoms with van der Waals surface area (Å²) in [6.07, 6.45) is 6.65. The number of rotatable bonds is 5. The molecule has 15 heavy (non-hydrogen) atoms. The van der Waals surface area contributed by atoms with Crippen LogP contribution in [0.5, 0.6) is 0 Å². The highest BCUT2D eigenvalue weighted by Gasteiger charge is 2.36. The minimum Gasteiger partial charge on any atom is -0.315 e. The molecule has 0 saturated carbocycles. The molecule has 2 atom stereocenters. The third-order valence-electron chi connectivity index (χ3n) is 4.30. The van der Waals surface area contributed by atoms with E-state index < -0.39 is 0 Å². The van der Waals surface area contributed by atoms with Crippen molar-refractivity contribution in [1.29, 1.82) is 0 Å². The van der Waals surface area contributed by atoms with E-state index in [1.165, 1.54) is 45.2 Å². The van der Waals surface area contributed by atoms with Gasteiger partial charge >= 0.3 is 0 Å². The van der Waals surface area contributed by atoms with Gasteiger partial charge in [0.2, 0.25) is 0 Å². The van der Waals surface area contributed by atoms with Gasteiger partial charge in [0, 0.05) is 11.6 Å². The topological polar surface area (TPSA) is 15.3 Å². The largest absolute Gasteiger partial charge is 0.315 e. The Bertz CT molecular complexity index is 171. The Morgan fingerprint density at radius 3 is 2.20 bits per heavy atom. The fraction of sp³-hybridized carbons (Fsp3) is 1.00. The molecule has 2 unspecified atom stereocenters. The van der Waals surface area contributed by atoms with E-state index in [1.807, 2.05) is 0 Å². The summed E-state index contributed by atoms with van der Waals surface area (Å²) in [7, 11) is 2.10. The lowest BCUT2D eigenvalue weighted by atomic mass is 9.84. The second-order valence-corrected chi connectivity index (χ2v) is 5.01. The summed E-state index contributed by atoms with van der Waals surface area (Å²) >= 11 is 0. The zero-order valence-corrected chi connectivity index (χ0v) is 11.0. The van der Waals surface area contributed by atoms with Crippen molar-refractivity contribution in [3.63, 3.8) is 0 Å². The maximum Gasteiger partial charge on any atom is 0.0331 e. The molecule has 0 amide bonds. The van der Waals surface area contributed by atoms with Crippen LogP contribution in [-0.2, 0) is 0 Å². The van der Waals surface area contributed by atoms with E-state index in [1.54, 1.807) is 0 Å². The van der Waals surface area contributed by atoms with Gasteiger partial charge in [0.15, 0.2) is 0 Å². The first-order chi connectivity index (χ1) is 7.19. The maximum atomic E-state index is 3.50. The fourth-order valence-corrected chi connectivity index (χ4v) is 3.05. The quantitative estimate of drug-likeness (QED) is 0.753. The second kappa shape index (κ2) is 5.86. The molecule has 1 fully saturated rings. The van der Waals surface area contributed by atoms with Crippen LogP contribution >= 0.6 is 0 Å². The highest BCUT2D eigenvalue weighted by molar-refractivity contribution is 4.95. The van der Waals surface area contributed by atoms with Gasteiger partial charge in [-0.2, -0.15) is 0 Å². The SMILES string of the molecule is CCC(NC)C(C)(CC)N1CCCCC1. The van der Waals surface area contributed by atoms with Gasteiger partial charge < -0.3 is 5.32 Å². The number of hydrogen-bond acceptors (Lipinski definition) is 2. The molecule has 2 nitrogen and oxygen atoms in total. The number of piperidine rings is 1. The monoisotopic (exact) mass is 212 g/mol. The van der Waals surface area contributed by atoms with Gasteiger partial charge in [0.25, 0.3) is 0 Å². The van der Waals surface area contributed by atoms with Crippen LogP contribution in [0.15, 0.2) is 0 Å².